The smallest absolute Gasteiger partial charge is 0.0803 e. The van der Waals surface area contributed by atoms with Crippen LogP contribution in [0.25, 0.3) is 43.7 Å². The molecule has 2 heteroatoms. The summed E-state index contributed by atoms with van der Waals surface area (Å²) in [6, 6.07) is 23.3. The number of fused-ring (bicyclic) bond motifs is 5. The molecule has 0 saturated carbocycles. The maximum atomic E-state index is 4.98. The Hall–Kier alpha value is -3.26. The van der Waals surface area contributed by atoms with Crippen molar-refractivity contribution in [1.82, 2.24) is 9.97 Å². The van der Waals surface area contributed by atoms with Crippen LogP contribution in [0, 0.1) is 6.92 Å². The summed E-state index contributed by atoms with van der Waals surface area (Å²) in [4.78, 5) is 9.27. The first-order chi connectivity index (χ1) is 12.3. The number of para-hydroxylation sites is 1. The van der Waals surface area contributed by atoms with Crippen molar-refractivity contribution in [2.75, 3.05) is 0 Å². The highest BCUT2D eigenvalue weighted by molar-refractivity contribution is 6.22. The molecule has 0 N–H and O–H groups in total. The maximum absolute atomic E-state index is 4.98. The minimum absolute atomic E-state index is 0.996. The van der Waals surface area contributed by atoms with E-state index in [9.17, 15) is 0 Å². The van der Waals surface area contributed by atoms with Gasteiger partial charge in [-0.1, -0.05) is 42.5 Å². The van der Waals surface area contributed by atoms with E-state index in [-0.39, 0.29) is 0 Å². The van der Waals surface area contributed by atoms with Crippen molar-refractivity contribution in [1.29, 1.82) is 0 Å². The molecule has 25 heavy (non-hydrogen) atoms. The zero-order chi connectivity index (χ0) is 16.8. The second-order valence-corrected chi connectivity index (χ2v) is 6.38. The summed E-state index contributed by atoms with van der Waals surface area (Å²) in [5.74, 6) is 0. The number of hydrogen-bond donors (Lipinski definition) is 0. The molecular weight excluding hydrogens is 304 g/mol. The summed E-state index contributed by atoms with van der Waals surface area (Å²) >= 11 is 0. The van der Waals surface area contributed by atoms with Crippen LogP contribution < -0.4 is 0 Å². The number of hydrogen-bond acceptors (Lipinski definition) is 2. The third-order valence-electron chi connectivity index (χ3n) is 4.85. The molecule has 0 fully saturated rings. The largest absolute Gasteiger partial charge is 0.264 e. The first-order valence-electron chi connectivity index (χ1n) is 8.44. The van der Waals surface area contributed by atoms with Crippen molar-refractivity contribution >= 4 is 32.4 Å². The number of aromatic nitrogens is 2. The Labute approximate surface area is 145 Å². The lowest BCUT2D eigenvalue weighted by Gasteiger charge is -2.14. The molecule has 0 amide bonds. The fourth-order valence-corrected chi connectivity index (χ4v) is 3.72. The van der Waals surface area contributed by atoms with Crippen LogP contribution in [0.1, 0.15) is 5.56 Å². The van der Waals surface area contributed by atoms with Crippen LogP contribution in [0.4, 0.5) is 0 Å². The molecule has 2 nitrogen and oxygen atoms in total. The molecule has 2 heterocycles. The van der Waals surface area contributed by atoms with Crippen LogP contribution in [0.5, 0.6) is 0 Å². The van der Waals surface area contributed by atoms with Crippen LogP contribution in [0.3, 0.4) is 0 Å². The standard InChI is InChI=1S/C23H16N2/c1-15-13-20-22(18-9-3-2-8-17(15)18)19-10-4-5-11-21(19)25-23(20)16-7-6-12-24-14-16/h2-14H,1H3. The zero-order valence-corrected chi connectivity index (χ0v) is 13.9. The molecule has 0 atom stereocenters. The predicted octanol–water partition coefficient (Wildman–Crippen LogP) is 5.91. The van der Waals surface area contributed by atoms with Crippen molar-refractivity contribution in [2.45, 2.75) is 6.92 Å². The van der Waals surface area contributed by atoms with Crippen molar-refractivity contribution < 1.29 is 0 Å². The average molecular weight is 320 g/mol. The maximum Gasteiger partial charge on any atom is 0.0803 e. The highest BCUT2D eigenvalue weighted by atomic mass is 14.7. The van der Waals surface area contributed by atoms with Crippen LogP contribution in [0.2, 0.25) is 0 Å². The molecule has 0 aliphatic heterocycles. The van der Waals surface area contributed by atoms with Gasteiger partial charge in [0.15, 0.2) is 0 Å². The molecule has 118 valence electrons. The van der Waals surface area contributed by atoms with E-state index in [4.69, 9.17) is 4.98 Å². The average Bonchev–Trinajstić information content (AvgIpc) is 2.68. The van der Waals surface area contributed by atoms with Gasteiger partial charge in [0.05, 0.1) is 11.2 Å². The van der Waals surface area contributed by atoms with Gasteiger partial charge in [0.2, 0.25) is 0 Å². The van der Waals surface area contributed by atoms with Crippen molar-refractivity contribution in [3.05, 3.63) is 84.7 Å². The topological polar surface area (TPSA) is 25.8 Å². The van der Waals surface area contributed by atoms with Crippen molar-refractivity contribution in [3.8, 4) is 11.3 Å². The summed E-state index contributed by atoms with van der Waals surface area (Å²) < 4.78 is 0. The Kier molecular flexibility index (Phi) is 3.04. The summed E-state index contributed by atoms with van der Waals surface area (Å²) in [5.41, 5.74) is 4.33. The Balaban J connectivity index is 2.08. The summed E-state index contributed by atoms with van der Waals surface area (Å²) in [5, 5.41) is 6.22. The molecule has 5 aromatic rings. The van der Waals surface area contributed by atoms with E-state index >= 15 is 0 Å². The fraction of sp³-hybridized carbons (Fsp3) is 0.0435. The fourth-order valence-electron chi connectivity index (χ4n) is 3.72. The lowest BCUT2D eigenvalue weighted by Crippen LogP contribution is -1.92. The van der Waals surface area contributed by atoms with Gasteiger partial charge < -0.3 is 0 Å². The zero-order valence-electron chi connectivity index (χ0n) is 13.9. The Morgan fingerprint density at radius 1 is 0.720 bits per heavy atom. The molecular formula is C23H16N2. The Morgan fingerprint density at radius 3 is 2.28 bits per heavy atom. The van der Waals surface area contributed by atoms with Gasteiger partial charge in [-0.2, -0.15) is 0 Å². The molecule has 0 radical (unpaired) electrons. The van der Waals surface area contributed by atoms with E-state index in [0.29, 0.717) is 0 Å². The lowest BCUT2D eigenvalue weighted by atomic mass is 9.93. The molecule has 5 rings (SSSR count). The second-order valence-electron chi connectivity index (χ2n) is 6.38. The van der Waals surface area contributed by atoms with Gasteiger partial charge in [-0.25, -0.2) is 4.98 Å². The highest BCUT2D eigenvalue weighted by Crippen LogP contribution is 2.37. The molecule has 0 spiro atoms. The predicted molar refractivity (Wildman–Crippen MR) is 105 cm³/mol. The first kappa shape index (κ1) is 14.1. The van der Waals surface area contributed by atoms with Gasteiger partial charge in [-0.15, -0.1) is 0 Å². The summed E-state index contributed by atoms with van der Waals surface area (Å²) in [6.45, 7) is 2.17. The molecule has 3 aromatic carbocycles. The SMILES string of the molecule is Cc1cc2c(-c3cccnc3)nc3ccccc3c2c2ccccc12. The first-order valence-corrected chi connectivity index (χ1v) is 8.44. The Morgan fingerprint density at radius 2 is 1.48 bits per heavy atom. The summed E-state index contributed by atoms with van der Waals surface area (Å²) in [6.07, 6.45) is 3.69. The van der Waals surface area contributed by atoms with Crippen LogP contribution >= 0.6 is 0 Å². The Bertz CT molecular complexity index is 1240. The van der Waals surface area contributed by atoms with Crippen molar-refractivity contribution in [2.24, 2.45) is 0 Å². The number of benzene rings is 3. The van der Waals surface area contributed by atoms with Gasteiger partial charge in [0.1, 0.15) is 0 Å². The minimum atomic E-state index is 0.996. The third-order valence-corrected chi connectivity index (χ3v) is 4.85. The molecule has 2 aromatic heterocycles. The van der Waals surface area contributed by atoms with Gasteiger partial charge in [-0.05, 0) is 47.5 Å². The molecule has 0 unspecified atom stereocenters. The van der Waals surface area contributed by atoms with E-state index in [0.717, 1.165) is 16.8 Å². The quantitative estimate of drug-likeness (QED) is 0.359. The van der Waals surface area contributed by atoms with E-state index < -0.39 is 0 Å². The molecule has 0 aliphatic rings. The van der Waals surface area contributed by atoms with Gasteiger partial charge in [0.25, 0.3) is 0 Å². The van der Waals surface area contributed by atoms with E-state index in [1.165, 1.54) is 32.5 Å². The van der Waals surface area contributed by atoms with Crippen LogP contribution in [-0.4, -0.2) is 9.97 Å². The summed E-state index contributed by atoms with van der Waals surface area (Å²) in [7, 11) is 0. The normalized spacial score (nSPS) is 11.4. The molecule has 0 bridgehead atoms. The molecule has 0 aliphatic carbocycles. The number of rotatable bonds is 1. The van der Waals surface area contributed by atoms with Crippen molar-refractivity contribution in [3.63, 3.8) is 0 Å². The van der Waals surface area contributed by atoms with E-state index in [1.54, 1.807) is 6.20 Å². The van der Waals surface area contributed by atoms with Gasteiger partial charge >= 0.3 is 0 Å². The third kappa shape index (κ3) is 2.11. The molecule has 0 saturated heterocycles. The van der Waals surface area contributed by atoms with E-state index in [2.05, 4.69) is 66.5 Å². The number of pyridine rings is 2. The monoisotopic (exact) mass is 320 g/mol. The minimum Gasteiger partial charge on any atom is -0.264 e. The lowest BCUT2D eigenvalue weighted by molar-refractivity contribution is 1.31. The van der Waals surface area contributed by atoms with Gasteiger partial charge in [0, 0.05) is 34.1 Å². The van der Waals surface area contributed by atoms with Crippen LogP contribution in [-0.2, 0) is 0 Å². The van der Waals surface area contributed by atoms with E-state index in [1.807, 2.05) is 18.3 Å². The second kappa shape index (κ2) is 5.38. The van der Waals surface area contributed by atoms with Crippen LogP contribution in [0.15, 0.2) is 79.1 Å². The number of aryl methyl sites for hydroxylation is 1. The highest BCUT2D eigenvalue weighted by Gasteiger charge is 2.14. The number of nitrogens with zero attached hydrogens (tertiary/aromatic N) is 2. The van der Waals surface area contributed by atoms with Gasteiger partial charge in [-0.3, -0.25) is 4.98 Å².